The van der Waals surface area contributed by atoms with Gasteiger partial charge in [-0.1, -0.05) is 30.3 Å². The third-order valence-electron chi connectivity index (χ3n) is 3.57. The summed E-state index contributed by atoms with van der Waals surface area (Å²) in [7, 11) is 0. The number of rotatable bonds is 7. The minimum atomic E-state index is -0.797. The molecule has 3 rings (SSSR count). The topological polar surface area (TPSA) is 153 Å². The van der Waals surface area contributed by atoms with Crippen LogP contribution < -0.4 is 11.1 Å². The minimum absolute atomic E-state index is 0.0401. The fraction of sp³-hybridized carbons (Fsp3) is 0.125. The second-order valence-electron chi connectivity index (χ2n) is 5.36. The number of amides is 1. The summed E-state index contributed by atoms with van der Waals surface area (Å²) in [5.74, 6) is 0.631. The maximum Gasteiger partial charge on any atom is 0.288 e. The molecule has 0 unspecified atom stereocenters. The Hall–Kier alpha value is -3.82. The van der Waals surface area contributed by atoms with Crippen molar-refractivity contribution in [3.63, 3.8) is 0 Å². The smallest absolute Gasteiger partial charge is 0.288 e. The number of nitrogens with two attached hydrogens (primary N) is 1. The highest BCUT2D eigenvalue weighted by Crippen LogP contribution is 2.19. The average Bonchev–Trinajstić information content (AvgIpc) is 3.11. The van der Waals surface area contributed by atoms with Crippen LogP contribution in [0.3, 0.4) is 0 Å². The number of nitrogens with one attached hydrogen (secondary N) is 2. The SMILES string of the molecule is NC(=O)c1cc([N+](=O)[O-])cnc1NCCc1nc(-c2ccccc2)n[nH]1. The van der Waals surface area contributed by atoms with Gasteiger partial charge in [-0.15, -0.1) is 0 Å². The van der Waals surface area contributed by atoms with Gasteiger partial charge in [0.05, 0.1) is 10.5 Å². The highest BCUT2D eigenvalue weighted by atomic mass is 16.6. The molecule has 26 heavy (non-hydrogen) atoms. The van der Waals surface area contributed by atoms with Crippen LogP contribution in [0.15, 0.2) is 42.6 Å². The van der Waals surface area contributed by atoms with Crippen molar-refractivity contribution in [3.05, 3.63) is 64.1 Å². The van der Waals surface area contributed by atoms with Crippen molar-refractivity contribution in [2.75, 3.05) is 11.9 Å². The highest BCUT2D eigenvalue weighted by molar-refractivity contribution is 5.98. The van der Waals surface area contributed by atoms with Crippen LogP contribution >= 0.6 is 0 Å². The maximum atomic E-state index is 11.5. The van der Waals surface area contributed by atoms with Crippen molar-refractivity contribution in [2.24, 2.45) is 5.73 Å². The summed E-state index contributed by atoms with van der Waals surface area (Å²) in [5.41, 5.74) is 5.82. The molecule has 132 valence electrons. The Morgan fingerprint density at radius 2 is 2.08 bits per heavy atom. The number of carbonyl (C=O) groups excluding carboxylic acids is 1. The van der Waals surface area contributed by atoms with Gasteiger partial charge in [0.1, 0.15) is 17.8 Å². The molecule has 0 spiro atoms. The van der Waals surface area contributed by atoms with Crippen LogP contribution in [0.25, 0.3) is 11.4 Å². The van der Waals surface area contributed by atoms with Gasteiger partial charge in [0, 0.05) is 24.6 Å². The van der Waals surface area contributed by atoms with Crippen LogP contribution in [0, 0.1) is 10.1 Å². The summed E-state index contributed by atoms with van der Waals surface area (Å²) in [4.78, 5) is 29.9. The molecule has 0 saturated carbocycles. The van der Waals surface area contributed by atoms with E-state index in [1.807, 2.05) is 30.3 Å². The van der Waals surface area contributed by atoms with Crippen molar-refractivity contribution >= 4 is 17.4 Å². The summed E-state index contributed by atoms with van der Waals surface area (Å²) in [6.45, 7) is 0.383. The number of H-pyrrole nitrogens is 1. The van der Waals surface area contributed by atoms with Crippen LogP contribution in [0.4, 0.5) is 11.5 Å². The summed E-state index contributed by atoms with van der Waals surface area (Å²) >= 11 is 0. The molecule has 0 aliphatic carbocycles. The number of nitro groups is 1. The minimum Gasteiger partial charge on any atom is -0.369 e. The van der Waals surface area contributed by atoms with Crippen molar-refractivity contribution < 1.29 is 9.72 Å². The van der Waals surface area contributed by atoms with E-state index < -0.39 is 10.8 Å². The van der Waals surface area contributed by atoms with Gasteiger partial charge < -0.3 is 11.1 Å². The Morgan fingerprint density at radius 3 is 2.77 bits per heavy atom. The molecule has 1 aromatic carbocycles. The molecule has 10 nitrogen and oxygen atoms in total. The number of aromatic nitrogens is 4. The summed E-state index contributed by atoms with van der Waals surface area (Å²) in [6.07, 6.45) is 1.55. The molecule has 0 atom stereocenters. The van der Waals surface area contributed by atoms with Gasteiger partial charge in [-0.2, -0.15) is 5.10 Å². The number of carbonyl (C=O) groups is 1. The van der Waals surface area contributed by atoms with E-state index >= 15 is 0 Å². The Balaban J connectivity index is 1.66. The molecule has 0 bridgehead atoms. The number of hydrogen-bond donors (Lipinski definition) is 3. The molecular formula is C16H15N7O3. The van der Waals surface area contributed by atoms with E-state index in [0.29, 0.717) is 24.6 Å². The summed E-state index contributed by atoms with van der Waals surface area (Å²) in [6, 6.07) is 10.6. The van der Waals surface area contributed by atoms with Gasteiger partial charge in [0.2, 0.25) is 0 Å². The van der Waals surface area contributed by atoms with Crippen molar-refractivity contribution in [2.45, 2.75) is 6.42 Å². The Labute approximate surface area is 147 Å². The molecule has 0 saturated heterocycles. The van der Waals surface area contributed by atoms with Crippen LogP contribution in [-0.4, -0.2) is 37.5 Å². The molecule has 4 N–H and O–H groups in total. The normalized spacial score (nSPS) is 10.5. The van der Waals surface area contributed by atoms with Gasteiger partial charge in [-0.3, -0.25) is 20.0 Å². The lowest BCUT2D eigenvalue weighted by atomic mass is 10.2. The maximum absolute atomic E-state index is 11.5. The van der Waals surface area contributed by atoms with E-state index in [0.717, 1.165) is 17.8 Å². The van der Waals surface area contributed by atoms with Crippen LogP contribution in [-0.2, 0) is 6.42 Å². The van der Waals surface area contributed by atoms with Gasteiger partial charge in [-0.25, -0.2) is 9.97 Å². The lowest BCUT2D eigenvalue weighted by molar-refractivity contribution is -0.385. The number of pyridine rings is 1. The van der Waals surface area contributed by atoms with Crippen molar-refractivity contribution in [1.29, 1.82) is 0 Å². The lowest BCUT2D eigenvalue weighted by Crippen LogP contribution is -2.17. The average molecular weight is 353 g/mol. The monoisotopic (exact) mass is 353 g/mol. The first-order chi connectivity index (χ1) is 12.5. The summed E-state index contributed by atoms with van der Waals surface area (Å²) < 4.78 is 0. The predicted molar refractivity (Wildman–Crippen MR) is 93.4 cm³/mol. The fourth-order valence-corrected chi connectivity index (χ4v) is 2.31. The zero-order valence-electron chi connectivity index (χ0n) is 13.5. The van der Waals surface area contributed by atoms with Gasteiger partial charge in [-0.05, 0) is 0 Å². The number of anilines is 1. The quantitative estimate of drug-likeness (QED) is 0.430. The summed E-state index contributed by atoms with van der Waals surface area (Å²) in [5, 5.41) is 20.7. The Morgan fingerprint density at radius 1 is 1.31 bits per heavy atom. The first kappa shape index (κ1) is 17.0. The van der Waals surface area contributed by atoms with E-state index in [1.165, 1.54) is 0 Å². The van der Waals surface area contributed by atoms with Crippen LogP contribution in [0.1, 0.15) is 16.2 Å². The molecule has 1 amide bonds. The van der Waals surface area contributed by atoms with Crippen molar-refractivity contribution in [1.82, 2.24) is 20.2 Å². The van der Waals surface area contributed by atoms with Crippen LogP contribution in [0.5, 0.6) is 0 Å². The molecule has 0 aliphatic rings. The van der Waals surface area contributed by atoms with E-state index in [2.05, 4.69) is 25.5 Å². The van der Waals surface area contributed by atoms with Gasteiger partial charge >= 0.3 is 0 Å². The molecule has 2 heterocycles. The third-order valence-corrected chi connectivity index (χ3v) is 3.57. The second-order valence-corrected chi connectivity index (χ2v) is 5.36. The second kappa shape index (κ2) is 7.38. The number of benzene rings is 1. The molecular weight excluding hydrogens is 338 g/mol. The molecule has 0 fully saturated rings. The zero-order valence-corrected chi connectivity index (χ0v) is 13.5. The van der Waals surface area contributed by atoms with Gasteiger partial charge in [0.25, 0.3) is 11.6 Å². The van der Waals surface area contributed by atoms with E-state index in [-0.39, 0.29) is 17.1 Å². The van der Waals surface area contributed by atoms with Gasteiger partial charge in [0.15, 0.2) is 5.82 Å². The molecule has 0 radical (unpaired) electrons. The largest absolute Gasteiger partial charge is 0.369 e. The first-order valence-corrected chi connectivity index (χ1v) is 7.69. The number of hydrogen-bond acceptors (Lipinski definition) is 7. The number of primary amides is 1. The standard InChI is InChI=1S/C16H15N7O3/c17-14(24)12-8-11(23(25)26)9-19-16(12)18-7-6-13-20-15(22-21-13)10-4-2-1-3-5-10/h1-5,8-9H,6-7H2,(H2,17,24)(H,18,19)(H,20,21,22). The molecule has 2 aromatic heterocycles. The highest BCUT2D eigenvalue weighted by Gasteiger charge is 2.16. The Kier molecular flexibility index (Phi) is 4.83. The van der Waals surface area contributed by atoms with Crippen LogP contribution in [0.2, 0.25) is 0 Å². The lowest BCUT2D eigenvalue weighted by Gasteiger charge is -2.07. The fourth-order valence-electron chi connectivity index (χ4n) is 2.31. The van der Waals surface area contributed by atoms with E-state index in [4.69, 9.17) is 5.73 Å². The molecule has 10 heteroatoms. The molecule has 3 aromatic rings. The first-order valence-electron chi connectivity index (χ1n) is 7.69. The predicted octanol–water partition coefficient (Wildman–Crippen LogP) is 1.53. The Bertz CT molecular complexity index is 940. The van der Waals surface area contributed by atoms with Crippen molar-refractivity contribution in [3.8, 4) is 11.4 Å². The zero-order chi connectivity index (χ0) is 18.5. The number of nitrogens with zero attached hydrogens (tertiary/aromatic N) is 4. The van der Waals surface area contributed by atoms with E-state index in [1.54, 1.807) is 0 Å². The third kappa shape index (κ3) is 3.80. The number of aromatic amines is 1. The molecule has 0 aliphatic heterocycles. The van der Waals surface area contributed by atoms with E-state index in [9.17, 15) is 14.9 Å².